The summed E-state index contributed by atoms with van der Waals surface area (Å²) in [7, 11) is 3.23. The van der Waals surface area contributed by atoms with Crippen molar-refractivity contribution in [3.63, 3.8) is 0 Å². The Bertz CT molecular complexity index is 786. The van der Waals surface area contributed by atoms with E-state index in [1.165, 1.54) is 0 Å². The summed E-state index contributed by atoms with van der Waals surface area (Å²) >= 11 is 0. The molecule has 1 N–H and O–H groups in total. The third-order valence-corrected chi connectivity index (χ3v) is 5.09. The summed E-state index contributed by atoms with van der Waals surface area (Å²) in [6.07, 6.45) is 2.48. The number of aliphatic carboxylic acids is 1. The van der Waals surface area contributed by atoms with E-state index in [1.54, 1.807) is 14.2 Å². The molecule has 0 saturated carbocycles. The van der Waals surface area contributed by atoms with Crippen molar-refractivity contribution in [2.24, 2.45) is 0 Å². The van der Waals surface area contributed by atoms with Crippen LogP contribution in [0, 0.1) is 6.92 Å². The molecule has 1 aliphatic rings. The second kappa shape index (κ2) is 8.39. The van der Waals surface area contributed by atoms with Gasteiger partial charge in [0.15, 0.2) is 0 Å². The summed E-state index contributed by atoms with van der Waals surface area (Å²) in [5.74, 6) is 0.524. The van der Waals surface area contributed by atoms with Crippen LogP contribution in [0.4, 0.5) is 0 Å². The lowest BCUT2D eigenvalue weighted by Crippen LogP contribution is -2.47. The maximum absolute atomic E-state index is 12.0. The van der Waals surface area contributed by atoms with E-state index >= 15 is 0 Å². The molecule has 6 nitrogen and oxygen atoms in total. The van der Waals surface area contributed by atoms with Crippen molar-refractivity contribution in [1.29, 1.82) is 0 Å². The lowest BCUT2D eigenvalue weighted by molar-refractivity contribution is -0.145. The number of hydrogen-bond acceptors (Lipinski definition) is 5. The van der Waals surface area contributed by atoms with Gasteiger partial charge in [0, 0.05) is 5.69 Å². The monoisotopic (exact) mass is 370 g/mol. The van der Waals surface area contributed by atoms with Gasteiger partial charge in [-0.1, -0.05) is 18.6 Å². The molecule has 6 heteroatoms. The van der Waals surface area contributed by atoms with Gasteiger partial charge < -0.3 is 14.6 Å². The molecule has 0 aliphatic carbocycles. The molecule has 1 fully saturated rings. The summed E-state index contributed by atoms with van der Waals surface area (Å²) < 4.78 is 11.3. The Balaban J connectivity index is 2.21. The van der Waals surface area contributed by atoms with Gasteiger partial charge in [0.2, 0.25) is 0 Å². The summed E-state index contributed by atoms with van der Waals surface area (Å²) in [6, 6.07) is 10.5. The van der Waals surface area contributed by atoms with Gasteiger partial charge in [-0.15, -0.1) is 0 Å². The van der Waals surface area contributed by atoms with Crippen LogP contribution in [0.5, 0.6) is 11.5 Å². The van der Waals surface area contributed by atoms with Crippen molar-refractivity contribution in [2.45, 2.75) is 38.3 Å². The highest BCUT2D eigenvalue weighted by molar-refractivity contribution is 5.74. The van der Waals surface area contributed by atoms with Crippen LogP contribution in [0.15, 0.2) is 36.4 Å². The second-order valence-corrected chi connectivity index (χ2v) is 6.77. The quantitative estimate of drug-likeness (QED) is 0.840. The number of likely N-dealkylation sites (tertiary alicyclic amines) is 1. The zero-order valence-corrected chi connectivity index (χ0v) is 16.0. The molecule has 2 atom stereocenters. The number of nitrogens with zero attached hydrogens (tertiary/aromatic N) is 2. The van der Waals surface area contributed by atoms with E-state index < -0.39 is 12.0 Å². The zero-order valence-electron chi connectivity index (χ0n) is 16.0. The maximum Gasteiger partial charge on any atom is 0.320 e. The average molecular weight is 370 g/mol. The molecule has 1 aromatic carbocycles. The molecule has 27 heavy (non-hydrogen) atoms. The Morgan fingerprint density at radius 1 is 1.15 bits per heavy atom. The van der Waals surface area contributed by atoms with Gasteiger partial charge in [0.25, 0.3) is 0 Å². The van der Waals surface area contributed by atoms with E-state index in [2.05, 4.69) is 0 Å². The Hall–Kier alpha value is -2.60. The van der Waals surface area contributed by atoms with Gasteiger partial charge >= 0.3 is 5.97 Å². The third kappa shape index (κ3) is 3.90. The Morgan fingerprint density at radius 2 is 1.81 bits per heavy atom. The topological polar surface area (TPSA) is 71.9 Å². The normalized spacial score (nSPS) is 18.7. The fourth-order valence-electron chi connectivity index (χ4n) is 3.88. The van der Waals surface area contributed by atoms with E-state index in [9.17, 15) is 9.90 Å². The van der Waals surface area contributed by atoms with Crippen molar-refractivity contribution >= 4 is 5.97 Å². The van der Waals surface area contributed by atoms with Crippen molar-refractivity contribution in [2.75, 3.05) is 20.8 Å². The second-order valence-electron chi connectivity index (χ2n) is 6.77. The molecule has 2 aromatic rings. The molecule has 3 rings (SSSR count). The fourth-order valence-corrected chi connectivity index (χ4v) is 3.88. The predicted octanol–water partition coefficient (Wildman–Crippen LogP) is 3.44. The number of methoxy groups -OCH3 is 2. The molecule has 0 bridgehead atoms. The average Bonchev–Trinajstić information content (AvgIpc) is 2.68. The number of pyridine rings is 1. The number of hydrogen-bond donors (Lipinski definition) is 1. The minimum absolute atomic E-state index is 0.364. The van der Waals surface area contributed by atoms with Crippen LogP contribution in [-0.4, -0.2) is 47.8 Å². The standard InChI is InChI=1S/C21H26N2O4/c1-14-8-6-9-15(22-14)20(23-13-5-4-10-16(23)21(24)25)19-17(26-2)11-7-12-18(19)27-3/h6-9,11-12,16,20H,4-5,10,13H2,1-3H3,(H,24,25). The molecule has 2 unspecified atom stereocenters. The van der Waals surface area contributed by atoms with Crippen LogP contribution in [0.1, 0.15) is 42.3 Å². The number of carboxylic acid groups (broad SMARTS) is 1. The van der Waals surface area contributed by atoms with E-state index in [1.807, 2.05) is 48.2 Å². The molecule has 1 saturated heterocycles. The van der Waals surface area contributed by atoms with Gasteiger partial charge in [-0.2, -0.15) is 0 Å². The number of carboxylic acids is 1. The van der Waals surface area contributed by atoms with E-state index in [0.717, 1.165) is 29.8 Å². The van der Waals surface area contributed by atoms with Crippen molar-refractivity contribution < 1.29 is 19.4 Å². The Kier molecular flexibility index (Phi) is 5.96. The van der Waals surface area contributed by atoms with Gasteiger partial charge in [-0.05, 0) is 50.6 Å². The van der Waals surface area contributed by atoms with Gasteiger partial charge in [0.05, 0.1) is 31.5 Å². The van der Waals surface area contributed by atoms with E-state index in [0.29, 0.717) is 24.5 Å². The number of benzene rings is 1. The highest BCUT2D eigenvalue weighted by atomic mass is 16.5. The van der Waals surface area contributed by atoms with Crippen LogP contribution < -0.4 is 9.47 Å². The molecule has 0 spiro atoms. The molecular weight excluding hydrogens is 344 g/mol. The summed E-state index contributed by atoms with van der Waals surface area (Å²) in [5, 5.41) is 9.83. The molecule has 0 radical (unpaired) electrons. The molecule has 2 heterocycles. The minimum atomic E-state index is -0.804. The first-order chi connectivity index (χ1) is 13.1. The fraction of sp³-hybridized carbons (Fsp3) is 0.429. The van der Waals surface area contributed by atoms with Crippen LogP contribution >= 0.6 is 0 Å². The summed E-state index contributed by atoms with van der Waals surface area (Å²) in [4.78, 5) is 18.7. The number of piperidine rings is 1. The number of ether oxygens (including phenoxy) is 2. The highest BCUT2D eigenvalue weighted by Crippen LogP contribution is 2.42. The number of aromatic nitrogens is 1. The highest BCUT2D eigenvalue weighted by Gasteiger charge is 2.38. The first-order valence-corrected chi connectivity index (χ1v) is 9.19. The van der Waals surface area contributed by atoms with Crippen molar-refractivity contribution in [3.05, 3.63) is 53.3 Å². The SMILES string of the molecule is COc1cccc(OC)c1C(c1cccc(C)n1)N1CCCCC1C(=O)O. The lowest BCUT2D eigenvalue weighted by Gasteiger charge is -2.39. The third-order valence-electron chi connectivity index (χ3n) is 5.09. The van der Waals surface area contributed by atoms with Crippen LogP contribution in [0.2, 0.25) is 0 Å². The van der Waals surface area contributed by atoms with E-state index in [4.69, 9.17) is 14.5 Å². The lowest BCUT2D eigenvalue weighted by atomic mass is 9.92. The first-order valence-electron chi connectivity index (χ1n) is 9.19. The number of aryl methyl sites for hydroxylation is 1. The zero-order chi connectivity index (χ0) is 19.4. The van der Waals surface area contributed by atoms with Gasteiger partial charge in [-0.25, -0.2) is 0 Å². The van der Waals surface area contributed by atoms with Gasteiger partial charge in [0.1, 0.15) is 17.5 Å². The number of rotatable bonds is 6. The van der Waals surface area contributed by atoms with Crippen LogP contribution in [0.3, 0.4) is 0 Å². The minimum Gasteiger partial charge on any atom is -0.496 e. The first kappa shape index (κ1) is 19.2. The summed E-state index contributed by atoms with van der Waals surface area (Å²) in [6.45, 7) is 2.61. The van der Waals surface area contributed by atoms with Crippen molar-refractivity contribution in [3.8, 4) is 11.5 Å². The number of carbonyl (C=O) groups is 1. The summed E-state index contributed by atoms with van der Waals surface area (Å²) in [5.41, 5.74) is 2.50. The largest absolute Gasteiger partial charge is 0.496 e. The van der Waals surface area contributed by atoms with Gasteiger partial charge in [-0.3, -0.25) is 14.7 Å². The predicted molar refractivity (Wildman–Crippen MR) is 102 cm³/mol. The maximum atomic E-state index is 12.0. The smallest absolute Gasteiger partial charge is 0.320 e. The van der Waals surface area contributed by atoms with Crippen molar-refractivity contribution in [1.82, 2.24) is 9.88 Å². The molecule has 1 aromatic heterocycles. The van der Waals surface area contributed by atoms with E-state index in [-0.39, 0.29) is 6.04 Å². The van der Waals surface area contributed by atoms with Crippen LogP contribution in [0.25, 0.3) is 0 Å². The molecule has 0 amide bonds. The molecular formula is C21H26N2O4. The Labute approximate surface area is 159 Å². The van der Waals surface area contributed by atoms with Crippen LogP contribution in [-0.2, 0) is 4.79 Å². The molecule has 1 aliphatic heterocycles. The Morgan fingerprint density at radius 3 is 2.41 bits per heavy atom. The molecule has 144 valence electrons.